The maximum Gasteiger partial charge on any atom is 0.247 e. The summed E-state index contributed by atoms with van der Waals surface area (Å²) in [6.07, 6.45) is 2.83. The van der Waals surface area contributed by atoms with Crippen LogP contribution in [-0.2, 0) is 16.1 Å². The molecule has 3 rings (SSSR count). The van der Waals surface area contributed by atoms with Gasteiger partial charge in [-0.3, -0.25) is 14.7 Å². The third kappa shape index (κ3) is 4.06. The summed E-state index contributed by atoms with van der Waals surface area (Å²) in [5, 5.41) is 0. The van der Waals surface area contributed by atoms with E-state index in [1.54, 1.807) is 12.4 Å². The minimum Gasteiger partial charge on any atom is -0.455 e. The topological polar surface area (TPSA) is 77.7 Å². The summed E-state index contributed by atoms with van der Waals surface area (Å²) >= 11 is 0. The quantitative estimate of drug-likeness (QED) is 0.906. The van der Waals surface area contributed by atoms with Crippen molar-refractivity contribution in [3.8, 4) is 11.5 Å². The maximum absolute atomic E-state index is 11.3. The summed E-state index contributed by atoms with van der Waals surface area (Å²) in [6.45, 7) is 2.42. The Kier molecular flexibility index (Phi) is 4.85. The monoisotopic (exact) mass is 313 g/mol. The molecule has 0 unspecified atom stereocenters. The van der Waals surface area contributed by atoms with Crippen molar-refractivity contribution in [3.63, 3.8) is 0 Å². The smallest absolute Gasteiger partial charge is 0.247 e. The summed E-state index contributed by atoms with van der Waals surface area (Å²) in [5.74, 6) is 1.05. The van der Waals surface area contributed by atoms with E-state index in [-0.39, 0.29) is 0 Å². The normalized spacial score (nSPS) is 18.5. The van der Waals surface area contributed by atoms with E-state index >= 15 is 0 Å². The van der Waals surface area contributed by atoms with Crippen molar-refractivity contribution in [3.05, 3.63) is 54.4 Å². The Morgan fingerprint density at radius 3 is 3.00 bits per heavy atom. The molecule has 6 heteroatoms. The highest BCUT2D eigenvalue weighted by Gasteiger charge is 2.25. The first-order valence-electron chi connectivity index (χ1n) is 7.51. The van der Waals surface area contributed by atoms with Crippen LogP contribution in [0.2, 0.25) is 0 Å². The van der Waals surface area contributed by atoms with Gasteiger partial charge in [0.25, 0.3) is 0 Å². The van der Waals surface area contributed by atoms with Crippen molar-refractivity contribution in [2.45, 2.75) is 12.6 Å². The van der Waals surface area contributed by atoms with Crippen molar-refractivity contribution in [1.29, 1.82) is 0 Å². The number of ether oxygens (including phenoxy) is 2. The molecule has 2 heterocycles. The molecule has 1 aromatic heterocycles. The molecule has 120 valence electrons. The molecule has 1 atom stereocenters. The number of nitrogens with two attached hydrogens (primary N) is 1. The van der Waals surface area contributed by atoms with E-state index in [4.69, 9.17) is 15.2 Å². The number of primary amides is 1. The zero-order valence-corrected chi connectivity index (χ0v) is 12.7. The van der Waals surface area contributed by atoms with Gasteiger partial charge in [-0.05, 0) is 18.2 Å². The fraction of sp³-hybridized carbons (Fsp3) is 0.294. The minimum atomic E-state index is -0.546. The molecule has 1 aliphatic heterocycles. The van der Waals surface area contributed by atoms with Crippen LogP contribution >= 0.6 is 0 Å². The molecule has 2 aromatic rings. The number of carbonyl (C=O) groups excluding carboxylic acids is 1. The predicted octanol–water partition coefficient (Wildman–Crippen LogP) is 1.56. The van der Waals surface area contributed by atoms with Crippen LogP contribution < -0.4 is 10.5 Å². The van der Waals surface area contributed by atoms with Gasteiger partial charge in [-0.2, -0.15) is 0 Å². The van der Waals surface area contributed by atoms with Crippen molar-refractivity contribution in [2.24, 2.45) is 5.73 Å². The lowest BCUT2D eigenvalue weighted by Crippen LogP contribution is -2.47. The number of morpholine rings is 1. The molecule has 0 bridgehead atoms. The van der Waals surface area contributed by atoms with Gasteiger partial charge in [0, 0.05) is 31.4 Å². The van der Waals surface area contributed by atoms with Crippen LogP contribution in [-0.4, -0.2) is 41.6 Å². The predicted molar refractivity (Wildman–Crippen MR) is 85.0 cm³/mol. The highest BCUT2D eigenvalue weighted by atomic mass is 16.5. The van der Waals surface area contributed by atoms with Gasteiger partial charge < -0.3 is 15.2 Å². The molecule has 0 saturated carbocycles. The Bertz CT molecular complexity index is 663. The summed E-state index contributed by atoms with van der Waals surface area (Å²) in [5.41, 5.74) is 6.38. The van der Waals surface area contributed by atoms with E-state index in [0.717, 1.165) is 17.9 Å². The van der Waals surface area contributed by atoms with E-state index < -0.39 is 12.0 Å². The van der Waals surface area contributed by atoms with Crippen LogP contribution in [0.5, 0.6) is 11.5 Å². The zero-order chi connectivity index (χ0) is 16.1. The van der Waals surface area contributed by atoms with Crippen molar-refractivity contribution in [1.82, 2.24) is 9.88 Å². The fourth-order valence-electron chi connectivity index (χ4n) is 2.53. The van der Waals surface area contributed by atoms with Gasteiger partial charge in [0.2, 0.25) is 5.91 Å². The fourth-order valence-corrected chi connectivity index (χ4v) is 2.53. The summed E-state index contributed by atoms with van der Waals surface area (Å²) in [6, 6.07) is 11.5. The molecule has 1 fully saturated rings. The van der Waals surface area contributed by atoms with Gasteiger partial charge in [-0.15, -0.1) is 0 Å². The molecule has 1 aliphatic rings. The first-order chi connectivity index (χ1) is 11.2. The van der Waals surface area contributed by atoms with Gasteiger partial charge in [-0.25, -0.2) is 0 Å². The molecule has 23 heavy (non-hydrogen) atoms. The van der Waals surface area contributed by atoms with E-state index in [1.165, 1.54) is 0 Å². The van der Waals surface area contributed by atoms with Gasteiger partial charge >= 0.3 is 0 Å². The number of amides is 1. The summed E-state index contributed by atoms with van der Waals surface area (Å²) < 4.78 is 11.3. The molecule has 0 radical (unpaired) electrons. The number of hydrogen-bond donors (Lipinski definition) is 1. The highest BCUT2D eigenvalue weighted by molar-refractivity contribution is 5.79. The van der Waals surface area contributed by atoms with E-state index in [2.05, 4.69) is 9.88 Å². The van der Waals surface area contributed by atoms with Crippen LogP contribution in [0.4, 0.5) is 0 Å². The van der Waals surface area contributed by atoms with E-state index in [1.807, 2.05) is 36.4 Å². The highest BCUT2D eigenvalue weighted by Crippen LogP contribution is 2.26. The van der Waals surface area contributed by atoms with Crippen molar-refractivity contribution < 1.29 is 14.3 Å². The Morgan fingerprint density at radius 1 is 1.35 bits per heavy atom. The lowest BCUT2D eigenvalue weighted by Gasteiger charge is -2.31. The van der Waals surface area contributed by atoms with Crippen molar-refractivity contribution >= 4 is 5.91 Å². The maximum atomic E-state index is 11.3. The molecular formula is C17H19N3O3. The zero-order valence-electron chi connectivity index (χ0n) is 12.7. The lowest BCUT2D eigenvalue weighted by atomic mass is 10.1. The first kappa shape index (κ1) is 15.5. The molecule has 1 amide bonds. The Balaban J connectivity index is 1.72. The average Bonchev–Trinajstić information content (AvgIpc) is 2.58. The minimum absolute atomic E-state index is 0.422. The number of pyridine rings is 1. The SMILES string of the molecule is NC(=O)[C@@H]1CN(Cc2ccccc2Oc2cccnc2)CCO1. The number of benzene rings is 1. The third-order valence-corrected chi connectivity index (χ3v) is 3.70. The second-order valence-corrected chi connectivity index (χ2v) is 5.40. The standard InChI is InChI=1S/C17H19N3O3/c18-17(21)16-12-20(8-9-22-16)11-13-4-1-2-6-15(13)23-14-5-3-7-19-10-14/h1-7,10,16H,8-9,11-12H2,(H2,18,21)/t16-/m0/s1. The number of aromatic nitrogens is 1. The average molecular weight is 313 g/mol. The van der Waals surface area contributed by atoms with Crippen molar-refractivity contribution in [2.75, 3.05) is 19.7 Å². The van der Waals surface area contributed by atoms with Gasteiger partial charge in [-0.1, -0.05) is 18.2 Å². The first-order valence-corrected chi connectivity index (χ1v) is 7.51. The second kappa shape index (κ2) is 7.21. The molecular weight excluding hydrogens is 294 g/mol. The van der Waals surface area contributed by atoms with Gasteiger partial charge in [0.05, 0.1) is 12.8 Å². The largest absolute Gasteiger partial charge is 0.455 e. The third-order valence-electron chi connectivity index (χ3n) is 3.70. The molecule has 2 N–H and O–H groups in total. The van der Waals surface area contributed by atoms with Crippen LogP contribution in [0.15, 0.2) is 48.8 Å². The Labute approximate surface area is 134 Å². The van der Waals surface area contributed by atoms with Gasteiger partial charge in [0.1, 0.15) is 17.6 Å². The number of nitrogens with zero attached hydrogens (tertiary/aromatic N) is 2. The molecule has 1 saturated heterocycles. The van der Waals surface area contributed by atoms with E-state index in [9.17, 15) is 4.79 Å². The van der Waals surface area contributed by atoms with Crippen LogP contribution in [0.3, 0.4) is 0 Å². The lowest BCUT2D eigenvalue weighted by molar-refractivity contribution is -0.135. The Hall–Kier alpha value is -2.44. The molecule has 0 spiro atoms. The number of rotatable bonds is 5. The van der Waals surface area contributed by atoms with Gasteiger partial charge in [0.15, 0.2) is 0 Å². The number of carbonyl (C=O) groups is 1. The summed E-state index contributed by atoms with van der Waals surface area (Å²) in [4.78, 5) is 17.5. The number of para-hydroxylation sites is 1. The van der Waals surface area contributed by atoms with Crippen LogP contribution in [0.1, 0.15) is 5.56 Å². The molecule has 1 aromatic carbocycles. The number of hydrogen-bond acceptors (Lipinski definition) is 5. The van der Waals surface area contributed by atoms with Crippen LogP contribution in [0.25, 0.3) is 0 Å². The second-order valence-electron chi connectivity index (χ2n) is 5.40. The molecule has 6 nitrogen and oxygen atoms in total. The van der Waals surface area contributed by atoms with Crippen LogP contribution in [0, 0.1) is 0 Å². The molecule has 0 aliphatic carbocycles. The van der Waals surface area contributed by atoms with E-state index in [0.29, 0.717) is 25.4 Å². The summed E-state index contributed by atoms with van der Waals surface area (Å²) in [7, 11) is 0. The Morgan fingerprint density at radius 2 is 2.22 bits per heavy atom.